The lowest BCUT2D eigenvalue weighted by Gasteiger charge is -2.07. The second-order valence-electron chi connectivity index (χ2n) is 4.58. The molecule has 0 spiro atoms. The maximum atomic E-state index is 13.7. The van der Waals surface area contributed by atoms with E-state index in [1.165, 1.54) is 0 Å². The van der Waals surface area contributed by atoms with Crippen molar-refractivity contribution in [3.63, 3.8) is 0 Å². The number of benzene rings is 1. The summed E-state index contributed by atoms with van der Waals surface area (Å²) in [5, 5.41) is 8.69. The molecule has 0 radical (unpaired) electrons. The molecule has 1 aliphatic rings. The highest BCUT2D eigenvalue weighted by molar-refractivity contribution is 7.89. The van der Waals surface area contributed by atoms with E-state index in [4.69, 9.17) is 5.11 Å². The van der Waals surface area contributed by atoms with E-state index in [1.807, 2.05) is 6.92 Å². The van der Waals surface area contributed by atoms with Gasteiger partial charge in [-0.05, 0) is 30.5 Å². The first-order chi connectivity index (χ1) is 8.85. The van der Waals surface area contributed by atoms with Crippen LogP contribution in [0, 0.1) is 11.7 Å². The fraction of sp³-hybridized carbons (Fsp3) is 0.417. The molecule has 0 aliphatic heterocycles. The summed E-state index contributed by atoms with van der Waals surface area (Å²) in [6.07, 6.45) is 1.62. The Morgan fingerprint density at radius 2 is 2.21 bits per heavy atom. The van der Waals surface area contributed by atoms with Crippen LogP contribution >= 0.6 is 0 Å². The van der Waals surface area contributed by atoms with Gasteiger partial charge in [0.15, 0.2) is 0 Å². The van der Waals surface area contributed by atoms with Crippen LogP contribution in [0.2, 0.25) is 0 Å². The van der Waals surface area contributed by atoms with Crippen LogP contribution in [0.5, 0.6) is 0 Å². The molecule has 1 aliphatic carbocycles. The zero-order valence-corrected chi connectivity index (χ0v) is 11.1. The van der Waals surface area contributed by atoms with Crippen molar-refractivity contribution in [2.24, 2.45) is 5.92 Å². The molecule has 2 N–H and O–H groups in total. The average Bonchev–Trinajstić information content (AvgIpc) is 3.05. The van der Waals surface area contributed by atoms with Gasteiger partial charge in [0.1, 0.15) is 10.7 Å². The highest BCUT2D eigenvalue weighted by Gasteiger charge is 2.39. The highest BCUT2D eigenvalue weighted by Crippen LogP contribution is 2.34. The molecule has 1 aromatic carbocycles. The number of rotatable bonds is 5. The molecular formula is C12H14FNO4S. The van der Waals surface area contributed by atoms with E-state index in [9.17, 15) is 17.6 Å². The van der Waals surface area contributed by atoms with Crippen LogP contribution in [0.25, 0.3) is 0 Å². The molecule has 0 amide bonds. The Hall–Kier alpha value is -1.47. The maximum absolute atomic E-state index is 13.7. The second-order valence-corrected chi connectivity index (χ2v) is 6.26. The van der Waals surface area contributed by atoms with Crippen LogP contribution in [-0.2, 0) is 10.0 Å². The van der Waals surface area contributed by atoms with Crippen molar-refractivity contribution in [1.82, 2.24) is 4.72 Å². The molecule has 7 heteroatoms. The Morgan fingerprint density at radius 3 is 2.68 bits per heavy atom. The van der Waals surface area contributed by atoms with Crippen molar-refractivity contribution < 1.29 is 22.7 Å². The molecule has 2 unspecified atom stereocenters. The molecule has 0 aromatic heterocycles. The van der Waals surface area contributed by atoms with E-state index in [1.54, 1.807) is 0 Å². The Labute approximate surface area is 110 Å². The molecule has 104 valence electrons. The highest BCUT2D eigenvalue weighted by atomic mass is 32.2. The summed E-state index contributed by atoms with van der Waals surface area (Å²) in [6, 6.07) is 2.61. The van der Waals surface area contributed by atoms with E-state index in [2.05, 4.69) is 4.72 Å². The van der Waals surface area contributed by atoms with Crippen molar-refractivity contribution in [3.8, 4) is 0 Å². The van der Waals surface area contributed by atoms with Gasteiger partial charge in [-0.2, -0.15) is 0 Å². The molecule has 1 saturated carbocycles. The summed E-state index contributed by atoms with van der Waals surface area (Å²) >= 11 is 0. The van der Waals surface area contributed by atoms with Crippen molar-refractivity contribution in [2.75, 3.05) is 0 Å². The molecule has 0 bridgehead atoms. The van der Waals surface area contributed by atoms with Crippen LogP contribution in [-0.4, -0.2) is 25.5 Å². The van der Waals surface area contributed by atoms with Gasteiger partial charge in [-0.25, -0.2) is 22.3 Å². The summed E-state index contributed by atoms with van der Waals surface area (Å²) in [6.45, 7) is 1.96. The first kappa shape index (κ1) is 14.0. The molecule has 2 atom stereocenters. The fourth-order valence-corrected chi connectivity index (χ4v) is 3.33. The number of carbonyl (C=O) groups is 1. The van der Waals surface area contributed by atoms with Crippen LogP contribution in [0.4, 0.5) is 4.39 Å². The number of carboxylic acids is 1. The molecule has 1 aromatic rings. The third-order valence-corrected chi connectivity index (χ3v) is 4.75. The van der Waals surface area contributed by atoms with Crippen molar-refractivity contribution in [2.45, 2.75) is 30.7 Å². The molecule has 2 rings (SSSR count). The lowest BCUT2D eigenvalue weighted by Crippen LogP contribution is -2.28. The van der Waals surface area contributed by atoms with E-state index in [-0.39, 0.29) is 11.6 Å². The number of carboxylic acid groups (broad SMARTS) is 1. The van der Waals surface area contributed by atoms with Gasteiger partial charge in [0, 0.05) is 6.04 Å². The predicted molar refractivity (Wildman–Crippen MR) is 65.9 cm³/mol. The van der Waals surface area contributed by atoms with E-state index < -0.39 is 26.7 Å². The minimum Gasteiger partial charge on any atom is -0.478 e. The van der Waals surface area contributed by atoms with Gasteiger partial charge in [0.05, 0.1) is 5.56 Å². The number of halogens is 1. The fourth-order valence-electron chi connectivity index (χ4n) is 1.96. The van der Waals surface area contributed by atoms with Crippen LogP contribution in [0.1, 0.15) is 30.1 Å². The summed E-state index contributed by atoms with van der Waals surface area (Å²) in [4.78, 5) is 10.1. The topological polar surface area (TPSA) is 83.5 Å². The average molecular weight is 287 g/mol. The van der Waals surface area contributed by atoms with Crippen molar-refractivity contribution in [1.29, 1.82) is 0 Å². The molecule has 0 saturated heterocycles. The van der Waals surface area contributed by atoms with Crippen LogP contribution in [0.15, 0.2) is 23.1 Å². The van der Waals surface area contributed by atoms with E-state index in [0.717, 1.165) is 25.0 Å². The molecule has 19 heavy (non-hydrogen) atoms. The van der Waals surface area contributed by atoms with Crippen molar-refractivity contribution in [3.05, 3.63) is 29.6 Å². The zero-order valence-electron chi connectivity index (χ0n) is 10.3. The lowest BCUT2D eigenvalue weighted by molar-refractivity contribution is 0.0696. The zero-order chi connectivity index (χ0) is 14.2. The Morgan fingerprint density at radius 1 is 1.53 bits per heavy atom. The lowest BCUT2D eigenvalue weighted by atomic mass is 10.2. The predicted octanol–water partition coefficient (Wildman–Crippen LogP) is 1.60. The molecule has 1 fully saturated rings. The standard InChI is InChI=1S/C12H14FNO4S/c1-2-7-6-10(7)14-19(17,18)11-4-3-8(12(15)16)5-9(11)13/h3-5,7,10,14H,2,6H2,1H3,(H,15,16). The number of aromatic carboxylic acids is 1. The number of hydrogen-bond donors (Lipinski definition) is 2. The van der Waals surface area contributed by atoms with Gasteiger partial charge in [0.2, 0.25) is 10.0 Å². The third kappa shape index (κ3) is 2.93. The van der Waals surface area contributed by atoms with Gasteiger partial charge in [-0.3, -0.25) is 0 Å². The van der Waals surface area contributed by atoms with Gasteiger partial charge < -0.3 is 5.11 Å². The Bertz CT molecular complexity index is 614. The number of nitrogens with one attached hydrogen (secondary N) is 1. The third-order valence-electron chi connectivity index (χ3n) is 3.22. The van der Waals surface area contributed by atoms with Gasteiger partial charge in [-0.15, -0.1) is 0 Å². The first-order valence-electron chi connectivity index (χ1n) is 5.90. The van der Waals surface area contributed by atoms with Crippen LogP contribution in [0.3, 0.4) is 0 Å². The smallest absolute Gasteiger partial charge is 0.335 e. The second kappa shape index (κ2) is 4.90. The van der Waals surface area contributed by atoms with Crippen LogP contribution < -0.4 is 4.72 Å². The molecule has 5 nitrogen and oxygen atoms in total. The summed E-state index contributed by atoms with van der Waals surface area (Å²) in [5.74, 6) is -2.05. The van der Waals surface area contributed by atoms with Crippen molar-refractivity contribution >= 4 is 16.0 Å². The van der Waals surface area contributed by atoms with E-state index in [0.29, 0.717) is 12.0 Å². The molecule has 0 heterocycles. The minimum absolute atomic E-state index is 0.145. The van der Waals surface area contributed by atoms with Gasteiger partial charge in [-0.1, -0.05) is 13.3 Å². The normalized spacial score (nSPS) is 22.2. The van der Waals surface area contributed by atoms with Gasteiger partial charge in [0.25, 0.3) is 0 Å². The quantitative estimate of drug-likeness (QED) is 0.861. The Kier molecular flexibility index (Phi) is 3.60. The maximum Gasteiger partial charge on any atom is 0.335 e. The summed E-state index contributed by atoms with van der Waals surface area (Å²) in [7, 11) is -3.93. The van der Waals surface area contributed by atoms with Gasteiger partial charge >= 0.3 is 5.97 Å². The summed E-state index contributed by atoms with van der Waals surface area (Å²) in [5.41, 5.74) is -0.283. The van der Waals surface area contributed by atoms with E-state index >= 15 is 0 Å². The monoisotopic (exact) mass is 287 g/mol. The summed E-state index contributed by atoms with van der Waals surface area (Å²) < 4.78 is 40.0. The number of hydrogen-bond acceptors (Lipinski definition) is 3. The first-order valence-corrected chi connectivity index (χ1v) is 7.38. The Balaban J connectivity index is 2.23. The minimum atomic E-state index is -3.93. The largest absolute Gasteiger partial charge is 0.478 e. The molecular weight excluding hydrogens is 273 g/mol. The SMILES string of the molecule is CCC1CC1NS(=O)(=O)c1ccc(C(=O)O)cc1F. The number of sulfonamides is 1.